The lowest BCUT2D eigenvalue weighted by Gasteiger charge is -2.28. The first-order valence-electron chi connectivity index (χ1n) is 9.78. The van der Waals surface area contributed by atoms with E-state index >= 15 is 0 Å². The van der Waals surface area contributed by atoms with Crippen LogP contribution in [0.25, 0.3) is 0 Å². The summed E-state index contributed by atoms with van der Waals surface area (Å²) in [4.78, 5) is 14.7. The summed E-state index contributed by atoms with van der Waals surface area (Å²) in [5.41, 5.74) is 0.953. The standard InChI is InChI=1S/C21H22FN5O2S/c22-17-4-7-20(8-5-17)30(28,29)27(15-18-10-11-23-16-25-18)19-6-9-21(24-14-19)26-12-2-1-3-13-26/h4-11,14,16H,1-3,12-13,15H2. The van der Waals surface area contributed by atoms with Gasteiger partial charge in [0.2, 0.25) is 0 Å². The highest BCUT2D eigenvalue weighted by molar-refractivity contribution is 7.92. The van der Waals surface area contributed by atoms with Gasteiger partial charge >= 0.3 is 0 Å². The number of rotatable bonds is 6. The van der Waals surface area contributed by atoms with Gasteiger partial charge in [0, 0.05) is 19.3 Å². The van der Waals surface area contributed by atoms with E-state index in [0.717, 1.165) is 43.9 Å². The van der Waals surface area contributed by atoms with Crippen LogP contribution in [0.15, 0.2) is 66.1 Å². The smallest absolute Gasteiger partial charge is 0.264 e. The molecule has 9 heteroatoms. The SMILES string of the molecule is O=S(=O)(c1ccc(F)cc1)N(Cc1ccncn1)c1ccc(N2CCCCC2)nc1. The second-order valence-electron chi connectivity index (χ2n) is 7.09. The Balaban J connectivity index is 1.69. The number of aromatic nitrogens is 3. The summed E-state index contributed by atoms with van der Waals surface area (Å²) < 4.78 is 41.3. The number of pyridine rings is 1. The first-order chi connectivity index (χ1) is 14.5. The quantitative estimate of drug-likeness (QED) is 0.600. The number of hydrogen-bond donors (Lipinski definition) is 0. The second-order valence-corrected chi connectivity index (χ2v) is 8.95. The van der Waals surface area contributed by atoms with Gasteiger partial charge in [-0.2, -0.15) is 0 Å². The van der Waals surface area contributed by atoms with E-state index in [0.29, 0.717) is 11.4 Å². The summed E-state index contributed by atoms with van der Waals surface area (Å²) in [5.74, 6) is 0.337. The minimum Gasteiger partial charge on any atom is -0.357 e. The second kappa shape index (κ2) is 8.74. The fourth-order valence-electron chi connectivity index (χ4n) is 3.44. The molecule has 0 N–H and O–H groups in total. The van der Waals surface area contributed by atoms with Crippen LogP contribution in [0.5, 0.6) is 0 Å². The maximum absolute atomic E-state index is 13.4. The topological polar surface area (TPSA) is 79.3 Å². The zero-order valence-electron chi connectivity index (χ0n) is 16.4. The van der Waals surface area contributed by atoms with Crippen molar-refractivity contribution < 1.29 is 12.8 Å². The van der Waals surface area contributed by atoms with Crippen LogP contribution >= 0.6 is 0 Å². The average Bonchev–Trinajstić information content (AvgIpc) is 2.79. The van der Waals surface area contributed by atoms with Gasteiger partial charge in [-0.05, 0) is 61.7 Å². The first-order valence-corrected chi connectivity index (χ1v) is 11.2. The van der Waals surface area contributed by atoms with Crippen molar-refractivity contribution >= 4 is 21.5 Å². The molecule has 0 unspecified atom stereocenters. The molecule has 0 atom stereocenters. The maximum atomic E-state index is 13.4. The molecule has 2 aromatic heterocycles. The highest BCUT2D eigenvalue weighted by Crippen LogP contribution is 2.27. The third-order valence-electron chi connectivity index (χ3n) is 5.05. The van der Waals surface area contributed by atoms with E-state index in [-0.39, 0.29) is 11.4 Å². The Labute approximate surface area is 175 Å². The number of nitrogens with zero attached hydrogens (tertiary/aromatic N) is 5. The summed E-state index contributed by atoms with van der Waals surface area (Å²) >= 11 is 0. The molecule has 1 fully saturated rings. The molecular formula is C21H22FN5O2S. The van der Waals surface area contributed by atoms with E-state index < -0.39 is 15.8 Å². The van der Waals surface area contributed by atoms with Crippen LogP contribution < -0.4 is 9.21 Å². The third-order valence-corrected chi connectivity index (χ3v) is 6.84. The molecule has 0 amide bonds. The van der Waals surface area contributed by atoms with Crippen molar-refractivity contribution in [1.29, 1.82) is 0 Å². The minimum atomic E-state index is -3.95. The van der Waals surface area contributed by atoms with Crippen LogP contribution in [0, 0.1) is 5.82 Å². The van der Waals surface area contributed by atoms with Crippen LogP contribution in [0.4, 0.5) is 15.9 Å². The monoisotopic (exact) mass is 427 g/mol. The van der Waals surface area contributed by atoms with E-state index in [1.54, 1.807) is 24.5 Å². The summed E-state index contributed by atoms with van der Waals surface area (Å²) in [6.07, 6.45) is 7.96. The minimum absolute atomic E-state index is 0.00179. The van der Waals surface area contributed by atoms with Gasteiger partial charge in [-0.25, -0.2) is 27.8 Å². The molecule has 0 spiro atoms. The lowest BCUT2D eigenvalue weighted by atomic mass is 10.1. The molecule has 1 aliphatic heterocycles. The number of halogens is 1. The fourth-order valence-corrected chi connectivity index (χ4v) is 4.87. The fraction of sp³-hybridized carbons (Fsp3) is 0.286. The molecule has 4 rings (SSSR count). The van der Waals surface area contributed by atoms with Crippen molar-refractivity contribution in [2.75, 3.05) is 22.3 Å². The highest BCUT2D eigenvalue weighted by atomic mass is 32.2. The van der Waals surface area contributed by atoms with E-state index in [9.17, 15) is 12.8 Å². The van der Waals surface area contributed by atoms with Crippen LogP contribution in [-0.2, 0) is 16.6 Å². The van der Waals surface area contributed by atoms with Crippen LogP contribution in [-0.4, -0.2) is 36.5 Å². The predicted molar refractivity (Wildman–Crippen MR) is 112 cm³/mol. The predicted octanol–water partition coefficient (Wildman–Crippen LogP) is 3.40. The van der Waals surface area contributed by atoms with E-state index in [4.69, 9.17) is 0 Å². The van der Waals surface area contributed by atoms with E-state index in [1.165, 1.54) is 29.2 Å². The van der Waals surface area contributed by atoms with E-state index in [1.807, 2.05) is 6.07 Å². The third kappa shape index (κ3) is 4.40. The molecule has 1 saturated heterocycles. The maximum Gasteiger partial charge on any atom is 0.264 e. The largest absolute Gasteiger partial charge is 0.357 e. The molecule has 3 aromatic rings. The Kier molecular flexibility index (Phi) is 5.89. The Morgan fingerprint density at radius 1 is 0.967 bits per heavy atom. The highest BCUT2D eigenvalue weighted by Gasteiger charge is 2.26. The molecule has 1 aliphatic rings. The normalized spacial score (nSPS) is 14.5. The van der Waals surface area contributed by atoms with Crippen molar-refractivity contribution in [3.8, 4) is 0 Å². The molecule has 0 saturated carbocycles. The van der Waals surface area contributed by atoms with Gasteiger partial charge in [0.1, 0.15) is 18.0 Å². The van der Waals surface area contributed by atoms with Gasteiger partial charge in [0.25, 0.3) is 10.0 Å². The van der Waals surface area contributed by atoms with Crippen LogP contribution in [0.3, 0.4) is 0 Å². The number of hydrogen-bond acceptors (Lipinski definition) is 6. The van der Waals surface area contributed by atoms with E-state index in [2.05, 4.69) is 19.9 Å². The first kappa shape index (κ1) is 20.2. The molecule has 30 heavy (non-hydrogen) atoms. The summed E-state index contributed by atoms with van der Waals surface area (Å²) in [5, 5.41) is 0. The number of piperidine rings is 1. The lowest BCUT2D eigenvalue weighted by molar-refractivity contribution is 0.573. The van der Waals surface area contributed by atoms with Crippen molar-refractivity contribution in [3.05, 3.63) is 72.7 Å². The van der Waals surface area contributed by atoms with Gasteiger partial charge in [0.05, 0.1) is 29.0 Å². The Morgan fingerprint density at radius 2 is 1.73 bits per heavy atom. The van der Waals surface area contributed by atoms with Crippen molar-refractivity contribution in [3.63, 3.8) is 0 Å². The zero-order chi connectivity index (χ0) is 21.0. The van der Waals surface area contributed by atoms with Crippen LogP contribution in [0.2, 0.25) is 0 Å². The molecule has 3 heterocycles. The molecular weight excluding hydrogens is 405 g/mol. The average molecular weight is 428 g/mol. The Hall–Kier alpha value is -3.07. The molecule has 7 nitrogen and oxygen atoms in total. The summed E-state index contributed by atoms with van der Waals surface area (Å²) in [6, 6.07) is 10.0. The van der Waals surface area contributed by atoms with Gasteiger partial charge in [-0.15, -0.1) is 0 Å². The lowest BCUT2D eigenvalue weighted by Crippen LogP contribution is -2.32. The molecule has 0 radical (unpaired) electrons. The van der Waals surface area contributed by atoms with Gasteiger partial charge in [0.15, 0.2) is 0 Å². The molecule has 1 aromatic carbocycles. The molecule has 0 bridgehead atoms. The van der Waals surface area contributed by atoms with Gasteiger partial charge in [-0.1, -0.05) is 0 Å². The Morgan fingerprint density at radius 3 is 2.37 bits per heavy atom. The number of benzene rings is 1. The zero-order valence-corrected chi connectivity index (χ0v) is 17.2. The van der Waals surface area contributed by atoms with Crippen molar-refractivity contribution in [2.24, 2.45) is 0 Å². The summed E-state index contributed by atoms with van der Waals surface area (Å²) in [6.45, 7) is 1.91. The van der Waals surface area contributed by atoms with Gasteiger partial charge < -0.3 is 4.90 Å². The van der Waals surface area contributed by atoms with Gasteiger partial charge in [-0.3, -0.25) is 4.31 Å². The number of sulfonamides is 1. The van der Waals surface area contributed by atoms with Crippen LogP contribution in [0.1, 0.15) is 25.0 Å². The van der Waals surface area contributed by atoms with Crippen molar-refractivity contribution in [2.45, 2.75) is 30.7 Å². The molecule has 156 valence electrons. The van der Waals surface area contributed by atoms with Crippen molar-refractivity contribution in [1.82, 2.24) is 15.0 Å². The Bertz CT molecular complexity index is 1070. The summed E-state index contributed by atoms with van der Waals surface area (Å²) in [7, 11) is -3.95. The number of anilines is 2. The molecule has 0 aliphatic carbocycles.